The molecule has 0 rings (SSSR count). The Kier molecular flexibility index (Phi) is 6.21. The second-order valence-corrected chi connectivity index (χ2v) is 5.41. The molecule has 0 radical (unpaired) electrons. The van der Waals surface area contributed by atoms with E-state index in [1.165, 1.54) is 0 Å². The average molecular weight is 244 g/mol. The number of hydrogen-bond donors (Lipinski definition) is 0. The van der Waals surface area contributed by atoms with Crippen molar-refractivity contribution in [3.05, 3.63) is 0 Å². The van der Waals surface area contributed by atoms with Gasteiger partial charge in [0.15, 0.2) is 0 Å². The molecule has 0 atom stereocenters. The highest BCUT2D eigenvalue weighted by molar-refractivity contribution is 5.72. The highest BCUT2D eigenvalue weighted by atomic mass is 16.6. The fraction of sp³-hybridized carbons (Fsp3) is 0.846. The van der Waals surface area contributed by atoms with Crippen LogP contribution in [-0.4, -0.2) is 24.1 Å². The van der Waals surface area contributed by atoms with E-state index in [0.29, 0.717) is 6.42 Å². The van der Waals surface area contributed by atoms with E-state index in [0.717, 1.165) is 0 Å². The summed E-state index contributed by atoms with van der Waals surface area (Å²) in [5, 5.41) is 0. The molecule has 4 heteroatoms. The Balaban J connectivity index is 4.02. The summed E-state index contributed by atoms with van der Waals surface area (Å²) in [5.74, 6) is -0.731. The maximum absolute atomic E-state index is 11.4. The van der Waals surface area contributed by atoms with Crippen LogP contribution >= 0.6 is 0 Å². The van der Waals surface area contributed by atoms with Crippen LogP contribution in [0.3, 0.4) is 0 Å². The van der Waals surface area contributed by atoms with Gasteiger partial charge in [-0.25, -0.2) is 0 Å². The first-order valence-electron chi connectivity index (χ1n) is 6.05. The maximum atomic E-state index is 11.4. The molecule has 0 aromatic heterocycles. The van der Waals surface area contributed by atoms with Crippen LogP contribution in [0, 0.1) is 11.8 Å². The summed E-state index contributed by atoms with van der Waals surface area (Å²) < 4.78 is 10.4. The number of esters is 2. The lowest BCUT2D eigenvalue weighted by Crippen LogP contribution is -2.32. The molecule has 0 saturated carbocycles. The topological polar surface area (TPSA) is 52.6 Å². The van der Waals surface area contributed by atoms with E-state index < -0.39 is 5.60 Å². The van der Waals surface area contributed by atoms with E-state index in [2.05, 4.69) is 0 Å². The molecule has 0 aromatic rings. The van der Waals surface area contributed by atoms with Gasteiger partial charge in [0.2, 0.25) is 0 Å². The maximum Gasteiger partial charge on any atom is 0.308 e. The quantitative estimate of drug-likeness (QED) is 0.674. The molecule has 0 aliphatic heterocycles. The number of carbonyl (C=O) groups is 2. The number of ether oxygens (including phenoxy) is 2. The fourth-order valence-corrected chi connectivity index (χ4v) is 1.01. The van der Waals surface area contributed by atoms with Crippen molar-refractivity contribution in [3.63, 3.8) is 0 Å². The van der Waals surface area contributed by atoms with E-state index in [1.807, 2.05) is 13.8 Å². The Morgan fingerprint density at radius 3 is 1.88 bits per heavy atom. The van der Waals surface area contributed by atoms with Crippen LogP contribution in [0.25, 0.3) is 0 Å². The lowest BCUT2D eigenvalue weighted by atomic mass is 10.1. The average Bonchev–Trinajstić information content (AvgIpc) is 2.15. The van der Waals surface area contributed by atoms with Crippen molar-refractivity contribution in [2.75, 3.05) is 6.61 Å². The second kappa shape index (κ2) is 6.62. The van der Waals surface area contributed by atoms with Gasteiger partial charge in [-0.3, -0.25) is 9.59 Å². The summed E-state index contributed by atoms with van der Waals surface area (Å²) in [6, 6.07) is 0. The highest BCUT2D eigenvalue weighted by Gasteiger charge is 2.24. The van der Waals surface area contributed by atoms with Crippen LogP contribution in [0.4, 0.5) is 0 Å². The SMILES string of the molecule is CC(C)C(=O)OCCC(C)(C)OC(=O)C(C)C. The summed E-state index contributed by atoms with van der Waals surface area (Å²) in [4.78, 5) is 22.7. The molecule has 17 heavy (non-hydrogen) atoms. The second-order valence-electron chi connectivity index (χ2n) is 5.41. The largest absolute Gasteiger partial charge is 0.465 e. The third-order valence-electron chi connectivity index (χ3n) is 2.27. The molecule has 0 spiro atoms. The molecule has 0 N–H and O–H groups in total. The zero-order chi connectivity index (χ0) is 13.6. The summed E-state index contributed by atoms with van der Waals surface area (Å²) >= 11 is 0. The Labute approximate surface area is 104 Å². The third-order valence-corrected chi connectivity index (χ3v) is 2.27. The van der Waals surface area contributed by atoms with Crippen LogP contribution in [0.2, 0.25) is 0 Å². The van der Waals surface area contributed by atoms with Crippen LogP contribution in [0.1, 0.15) is 48.0 Å². The molecular weight excluding hydrogens is 220 g/mol. The van der Waals surface area contributed by atoms with Gasteiger partial charge in [0.25, 0.3) is 0 Å². The first-order chi connectivity index (χ1) is 7.65. The Bertz CT molecular complexity index is 267. The summed E-state index contributed by atoms with van der Waals surface area (Å²) in [7, 11) is 0. The van der Waals surface area contributed by atoms with Crippen molar-refractivity contribution in [2.24, 2.45) is 11.8 Å². The van der Waals surface area contributed by atoms with E-state index in [4.69, 9.17) is 9.47 Å². The smallest absolute Gasteiger partial charge is 0.308 e. The Morgan fingerprint density at radius 2 is 1.47 bits per heavy atom. The number of carbonyl (C=O) groups excluding carboxylic acids is 2. The van der Waals surface area contributed by atoms with Crippen molar-refractivity contribution in [1.29, 1.82) is 0 Å². The van der Waals surface area contributed by atoms with Gasteiger partial charge in [-0.15, -0.1) is 0 Å². The third kappa shape index (κ3) is 6.97. The van der Waals surface area contributed by atoms with E-state index in [1.54, 1.807) is 27.7 Å². The van der Waals surface area contributed by atoms with Gasteiger partial charge >= 0.3 is 11.9 Å². The predicted molar refractivity (Wildman–Crippen MR) is 65.4 cm³/mol. The normalized spacial score (nSPS) is 11.8. The lowest BCUT2D eigenvalue weighted by molar-refractivity contribution is -0.163. The minimum Gasteiger partial charge on any atom is -0.465 e. The predicted octanol–water partition coefficient (Wildman–Crippen LogP) is 2.55. The molecule has 0 unspecified atom stereocenters. The summed E-state index contributed by atoms with van der Waals surface area (Å²) in [5.41, 5.74) is -0.599. The molecule has 4 nitrogen and oxygen atoms in total. The van der Waals surface area contributed by atoms with Gasteiger partial charge in [0, 0.05) is 6.42 Å². The first-order valence-corrected chi connectivity index (χ1v) is 6.05. The Morgan fingerprint density at radius 1 is 1.00 bits per heavy atom. The van der Waals surface area contributed by atoms with E-state index in [-0.39, 0.29) is 30.4 Å². The van der Waals surface area contributed by atoms with Crippen molar-refractivity contribution < 1.29 is 19.1 Å². The van der Waals surface area contributed by atoms with Crippen molar-refractivity contribution >= 4 is 11.9 Å². The molecule has 0 fully saturated rings. The van der Waals surface area contributed by atoms with Gasteiger partial charge in [0.05, 0.1) is 18.4 Å². The first kappa shape index (κ1) is 15.9. The minimum absolute atomic E-state index is 0.128. The molecule has 100 valence electrons. The van der Waals surface area contributed by atoms with Gasteiger partial charge in [-0.05, 0) is 13.8 Å². The Hall–Kier alpha value is -1.06. The fourth-order valence-electron chi connectivity index (χ4n) is 1.01. The van der Waals surface area contributed by atoms with Gasteiger partial charge in [-0.1, -0.05) is 27.7 Å². The van der Waals surface area contributed by atoms with Gasteiger partial charge in [-0.2, -0.15) is 0 Å². The van der Waals surface area contributed by atoms with Gasteiger partial charge in [0.1, 0.15) is 5.60 Å². The zero-order valence-electron chi connectivity index (χ0n) is 11.7. The molecule has 0 bridgehead atoms. The lowest BCUT2D eigenvalue weighted by Gasteiger charge is -2.26. The number of hydrogen-bond acceptors (Lipinski definition) is 4. The van der Waals surface area contributed by atoms with Crippen LogP contribution in [0.5, 0.6) is 0 Å². The highest BCUT2D eigenvalue weighted by Crippen LogP contribution is 2.17. The molecule has 0 heterocycles. The van der Waals surface area contributed by atoms with Crippen LogP contribution in [-0.2, 0) is 19.1 Å². The zero-order valence-corrected chi connectivity index (χ0v) is 11.7. The van der Waals surface area contributed by atoms with Crippen molar-refractivity contribution in [1.82, 2.24) is 0 Å². The molecule has 0 saturated heterocycles. The monoisotopic (exact) mass is 244 g/mol. The van der Waals surface area contributed by atoms with Crippen LogP contribution < -0.4 is 0 Å². The van der Waals surface area contributed by atoms with Crippen molar-refractivity contribution in [3.8, 4) is 0 Å². The number of rotatable bonds is 6. The standard InChI is InChI=1S/C13H24O4/c1-9(2)11(14)16-8-7-13(5,6)17-12(15)10(3)4/h9-10H,7-8H2,1-6H3. The summed E-state index contributed by atoms with van der Waals surface area (Å²) in [6.07, 6.45) is 0.504. The molecule has 0 amide bonds. The summed E-state index contributed by atoms with van der Waals surface area (Å²) in [6.45, 7) is 11.1. The van der Waals surface area contributed by atoms with E-state index in [9.17, 15) is 9.59 Å². The van der Waals surface area contributed by atoms with Gasteiger partial charge < -0.3 is 9.47 Å². The molecular formula is C13H24O4. The molecule has 0 aromatic carbocycles. The van der Waals surface area contributed by atoms with Crippen molar-refractivity contribution in [2.45, 2.75) is 53.6 Å². The minimum atomic E-state index is -0.599. The molecule has 0 aliphatic rings. The van der Waals surface area contributed by atoms with E-state index >= 15 is 0 Å². The van der Waals surface area contributed by atoms with Crippen LogP contribution in [0.15, 0.2) is 0 Å². The molecule has 0 aliphatic carbocycles.